The minimum absolute atomic E-state index is 0.880. The summed E-state index contributed by atoms with van der Waals surface area (Å²) in [5.74, 6) is 3.56. The lowest BCUT2D eigenvalue weighted by Gasteiger charge is -2.09. The fourth-order valence-electron chi connectivity index (χ4n) is 2.72. The van der Waals surface area contributed by atoms with E-state index in [-0.39, 0.29) is 0 Å². The van der Waals surface area contributed by atoms with Crippen LogP contribution in [0.2, 0.25) is 0 Å². The van der Waals surface area contributed by atoms with E-state index in [1.54, 1.807) is 0 Å². The van der Waals surface area contributed by atoms with E-state index in [2.05, 4.69) is 59.2 Å². The molecule has 0 spiro atoms. The predicted molar refractivity (Wildman–Crippen MR) is 80.1 cm³/mol. The van der Waals surface area contributed by atoms with Crippen LogP contribution in [0.4, 0.5) is 0 Å². The third-order valence-corrected chi connectivity index (χ3v) is 4.98. The Morgan fingerprint density at radius 2 is 2.28 bits per heavy atom. The van der Waals surface area contributed by atoms with Gasteiger partial charge in [0.05, 0.1) is 0 Å². The fourth-order valence-corrected chi connectivity index (χ4v) is 4.01. The van der Waals surface area contributed by atoms with Gasteiger partial charge in [0, 0.05) is 30.7 Å². The molecule has 0 saturated carbocycles. The van der Waals surface area contributed by atoms with E-state index in [4.69, 9.17) is 0 Å². The zero-order valence-corrected chi connectivity index (χ0v) is 11.7. The van der Waals surface area contributed by atoms with Crippen molar-refractivity contribution >= 4 is 22.7 Å². The molecule has 2 nitrogen and oxygen atoms in total. The Morgan fingerprint density at radius 1 is 1.39 bits per heavy atom. The minimum atomic E-state index is 0.880. The highest BCUT2D eigenvalue weighted by molar-refractivity contribution is 7.99. The second-order valence-corrected chi connectivity index (χ2v) is 6.29. The summed E-state index contributed by atoms with van der Waals surface area (Å²) in [6.07, 6.45) is 3.63. The number of hydrogen-bond donors (Lipinski definition) is 1. The summed E-state index contributed by atoms with van der Waals surface area (Å²) in [6, 6.07) is 8.64. The van der Waals surface area contributed by atoms with Gasteiger partial charge in [-0.05, 0) is 42.0 Å². The standard InChI is InChI=1S/C15H20N2S/c1-17-10-13(14-4-2-3-5-15(14)17)9-16-8-12-6-7-18-11-12/h2-5,10,12,16H,6-9,11H2,1H3. The van der Waals surface area contributed by atoms with Crippen molar-refractivity contribution in [3.8, 4) is 0 Å². The van der Waals surface area contributed by atoms with E-state index in [1.807, 2.05) is 0 Å². The summed E-state index contributed by atoms with van der Waals surface area (Å²) < 4.78 is 2.22. The van der Waals surface area contributed by atoms with Crippen LogP contribution in [0.25, 0.3) is 10.9 Å². The Kier molecular flexibility index (Phi) is 3.62. The maximum Gasteiger partial charge on any atom is 0.0481 e. The number of aromatic nitrogens is 1. The molecular weight excluding hydrogens is 240 g/mol. The van der Waals surface area contributed by atoms with Crippen LogP contribution in [0.1, 0.15) is 12.0 Å². The van der Waals surface area contributed by atoms with Crippen molar-refractivity contribution in [2.24, 2.45) is 13.0 Å². The number of fused-ring (bicyclic) bond motifs is 1. The molecule has 1 fully saturated rings. The lowest BCUT2D eigenvalue weighted by atomic mass is 10.1. The van der Waals surface area contributed by atoms with Crippen LogP contribution >= 0.6 is 11.8 Å². The summed E-state index contributed by atoms with van der Waals surface area (Å²) in [5, 5.41) is 5.01. The van der Waals surface area contributed by atoms with Crippen LogP contribution in [-0.4, -0.2) is 22.6 Å². The number of para-hydroxylation sites is 1. The normalized spacial score (nSPS) is 19.7. The number of benzene rings is 1. The third-order valence-electron chi connectivity index (χ3n) is 3.75. The van der Waals surface area contributed by atoms with Gasteiger partial charge in [0.15, 0.2) is 0 Å². The van der Waals surface area contributed by atoms with Gasteiger partial charge in [0.2, 0.25) is 0 Å². The third kappa shape index (κ3) is 2.43. The Bertz CT molecular complexity index is 526. The first kappa shape index (κ1) is 12.1. The number of thioether (sulfide) groups is 1. The summed E-state index contributed by atoms with van der Waals surface area (Å²) in [5.41, 5.74) is 2.74. The lowest BCUT2D eigenvalue weighted by Crippen LogP contribution is -2.22. The average molecular weight is 260 g/mol. The smallest absolute Gasteiger partial charge is 0.0481 e. The molecule has 1 aliphatic heterocycles. The van der Waals surface area contributed by atoms with E-state index in [9.17, 15) is 0 Å². The van der Waals surface area contributed by atoms with E-state index in [0.29, 0.717) is 0 Å². The molecule has 3 rings (SSSR count). The van der Waals surface area contributed by atoms with Gasteiger partial charge in [-0.1, -0.05) is 18.2 Å². The molecule has 0 aliphatic carbocycles. The Labute approximate surface area is 113 Å². The van der Waals surface area contributed by atoms with Gasteiger partial charge >= 0.3 is 0 Å². The Hall–Kier alpha value is -0.930. The first-order chi connectivity index (χ1) is 8.84. The minimum Gasteiger partial charge on any atom is -0.350 e. The van der Waals surface area contributed by atoms with Crippen molar-refractivity contribution < 1.29 is 0 Å². The lowest BCUT2D eigenvalue weighted by molar-refractivity contribution is 0.524. The molecule has 1 unspecified atom stereocenters. The Balaban J connectivity index is 1.67. The molecule has 0 amide bonds. The molecule has 18 heavy (non-hydrogen) atoms. The number of aryl methyl sites for hydroxylation is 1. The van der Waals surface area contributed by atoms with Crippen molar-refractivity contribution in [1.82, 2.24) is 9.88 Å². The highest BCUT2D eigenvalue weighted by atomic mass is 32.2. The van der Waals surface area contributed by atoms with Gasteiger partial charge in [-0.3, -0.25) is 0 Å². The number of hydrogen-bond acceptors (Lipinski definition) is 2. The quantitative estimate of drug-likeness (QED) is 0.910. The summed E-state index contributed by atoms with van der Waals surface area (Å²) in [4.78, 5) is 0. The van der Waals surface area contributed by atoms with Crippen molar-refractivity contribution in [1.29, 1.82) is 0 Å². The van der Waals surface area contributed by atoms with Crippen molar-refractivity contribution in [3.63, 3.8) is 0 Å². The molecule has 1 aromatic heterocycles. The van der Waals surface area contributed by atoms with E-state index < -0.39 is 0 Å². The van der Waals surface area contributed by atoms with Crippen LogP contribution in [0.15, 0.2) is 30.5 Å². The number of nitrogens with one attached hydrogen (secondary N) is 1. The maximum absolute atomic E-state index is 3.62. The summed E-state index contributed by atoms with van der Waals surface area (Å²) >= 11 is 2.09. The largest absolute Gasteiger partial charge is 0.350 e. The maximum atomic E-state index is 3.62. The predicted octanol–water partition coefficient (Wildman–Crippen LogP) is 3.02. The zero-order chi connectivity index (χ0) is 12.4. The van der Waals surface area contributed by atoms with Crippen molar-refractivity contribution in [2.75, 3.05) is 18.1 Å². The topological polar surface area (TPSA) is 17.0 Å². The van der Waals surface area contributed by atoms with Crippen LogP contribution < -0.4 is 5.32 Å². The number of rotatable bonds is 4. The summed E-state index contributed by atoms with van der Waals surface area (Å²) in [6.45, 7) is 2.15. The molecule has 2 heterocycles. The van der Waals surface area contributed by atoms with Crippen LogP contribution in [-0.2, 0) is 13.6 Å². The van der Waals surface area contributed by atoms with Gasteiger partial charge in [0.25, 0.3) is 0 Å². The van der Waals surface area contributed by atoms with E-state index >= 15 is 0 Å². The average Bonchev–Trinajstić information content (AvgIpc) is 3.00. The van der Waals surface area contributed by atoms with Crippen LogP contribution in [0, 0.1) is 5.92 Å². The SMILES string of the molecule is Cn1cc(CNCC2CCSC2)c2ccccc21. The molecular formula is C15H20N2S. The van der Waals surface area contributed by atoms with Gasteiger partial charge in [0.1, 0.15) is 0 Å². The van der Waals surface area contributed by atoms with E-state index in [1.165, 1.54) is 34.4 Å². The van der Waals surface area contributed by atoms with Gasteiger partial charge < -0.3 is 9.88 Å². The van der Waals surface area contributed by atoms with E-state index in [0.717, 1.165) is 19.0 Å². The van der Waals surface area contributed by atoms with Gasteiger partial charge in [-0.25, -0.2) is 0 Å². The molecule has 96 valence electrons. The first-order valence-corrected chi connectivity index (χ1v) is 7.81. The van der Waals surface area contributed by atoms with Gasteiger partial charge in [-0.2, -0.15) is 11.8 Å². The Morgan fingerprint density at radius 3 is 3.11 bits per heavy atom. The molecule has 1 aliphatic rings. The van der Waals surface area contributed by atoms with Crippen molar-refractivity contribution in [3.05, 3.63) is 36.0 Å². The fraction of sp³-hybridized carbons (Fsp3) is 0.467. The highest BCUT2D eigenvalue weighted by Crippen LogP contribution is 2.23. The number of nitrogens with zero attached hydrogens (tertiary/aromatic N) is 1. The molecule has 1 aromatic carbocycles. The molecule has 1 atom stereocenters. The second-order valence-electron chi connectivity index (χ2n) is 5.14. The molecule has 3 heteroatoms. The molecule has 2 aromatic rings. The highest BCUT2D eigenvalue weighted by Gasteiger charge is 2.14. The zero-order valence-electron chi connectivity index (χ0n) is 10.9. The monoisotopic (exact) mass is 260 g/mol. The van der Waals surface area contributed by atoms with Crippen LogP contribution in [0.3, 0.4) is 0 Å². The van der Waals surface area contributed by atoms with Crippen molar-refractivity contribution in [2.45, 2.75) is 13.0 Å². The molecule has 0 bridgehead atoms. The molecule has 0 radical (unpaired) electrons. The molecule has 1 N–H and O–H groups in total. The first-order valence-electron chi connectivity index (χ1n) is 6.66. The second kappa shape index (κ2) is 5.37. The van der Waals surface area contributed by atoms with Gasteiger partial charge in [-0.15, -0.1) is 0 Å². The summed E-state index contributed by atoms with van der Waals surface area (Å²) in [7, 11) is 2.12. The van der Waals surface area contributed by atoms with Crippen LogP contribution in [0.5, 0.6) is 0 Å². The molecule has 1 saturated heterocycles.